The molecule has 0 aromatic heterocycles. The number of nitrogens with one attached hydrogen (secondary N) is 1. The van der Waals surface area contributed by atoms with Crippen LogP contribution in [0.2, 0.25) is 0 Å². The van der Waals surface area contributed by atoms with Crippen LogP contribution in [-0.2, 0) is 4.79 Å². The number of nitrogens with zero attached hydrogens (tertiary/aromatic N) is 2. The average Bonchev–Trinajstić information content (AvgIpc) is 2.53. The van der Waals surface area contributed by atoms with E-state index in [1.807, 2.05) is 0 Å². The van der Waals surface area contributed by atoms with Gasteiger partial charge < -0.3 is 25.5 Å². The number of nitro groups is 1. The maximum absolute atomic E-state index is 11.1. The van der Waals surface area contributed by atoms with Gasteiger partial charge in [0, 0.05) is 6.07 Å². The Labute approximate surface area is 129 Å². The average molecular weight is 329 g/mol. The van der Waals surface area contributed by atoms with Crippen LogP contribution in [0.15, 0.2) is 29.4 Å². The molecule has 0 radical (unpaired) electrons. The van der Waals surface area contributed by atoms with Crippen molar-refractivity contribution in [2.24, 2.45) is 5.10 Å². The molecule has 0 unspecified atom stereocenters. The Balaban J connectivity index is 3.06. The highest BCUT2D eigenvalue weighted by atomic mass is 16.6. The van der Waals surface area contributed by atoms with E-state index in [1.165, 1.54) is 18.2 Å². The third-order valence-electron chi connectivity index (χ3n) is 2.80. The fourth-order valence-corrected chi connectivity index (χ4v) is 1.57. The van der Waals surface area contributed by atoms with Gasteiger partial charge in [0.15, 0.2) is 5.71 Å². The van der Waals surface area contributed by atoms with E-state index in [9.17, 15) is 30.2 Å². The van der Waals surface area contributed by atoms with Crippen molar-refractivity contribution in [3.63, 3.8) is 0 Å². The molecule has 0 heterocycles. The lowest BCUT2D eigenvalue weighted by Crippen LogP contribution is -2.46. The number of aliphatic hydroxyl groups is 4. The molecule has 3 atom stereocenters. The van der Waals surface area contributed by atoms with Crippen molar-refractivity contribution in [3.8, 4) is 0 Å². The lowest BCUT2D eigenvalue weighted by atomic mass is 10.0. The molecule has 11 nitrogen and oxygen atoms in total. The van der Waals surface area contributed by atoms with Gasteiger partial charge in [-0.25, -0.2) is 4.79 Å². The summed E-state index contributed by atoms with van der Waals surface area (Å²) in [6, 6.07) is 5.24. The van der Waals surface area contributed by atoms with E-state index in [2.05, 4.69) is 10.5 Å². The number of aliphatic hydroxyl groups excluding tert-OH is 4. The van der Waals surface area contributed by atoms with Crippen LogP contribution in [0.3, 0.4) is 0 Å². The standard InChI is InChI=1S/C12H15N3O8/c16-5-8(17)10(18)11(19)9(12(20)21)14-13-6-3-1-2-4-7(6)15(22)23/h1-4,8,10-11,13,16-19H,5H2,(H,20,21)/b14-9-/t8-,10-,11-/m1/s1. The SMILES string of the molecule is O=C(O)/C(=N\Nc1ccccc1[N+](=O)[O-])[C@@H](O)[C@H](O)[C@H](O)CO. The maximum atomic E-state index is 11.1. The zero-order valence-electron chi connectivity index (χ0n) is 11.6. The van der Waals surface area contributed by atoms with Crippen molar-refractivity contribution < 1.29 is 35.3 Å². The topological polar surface area (TPSA) is 186 Å². The van der Waals surface area contributed by atoms with Crippen molar-refractivity contribution >= 4 is 23.1 Å². The molecule has 0 bridgehead atoms. The summed E-state index contributed by atoms with van der Waals surface area (Å²) < 4.78 is 0. The van der Waals surface area contributed by atoms with E-state index in [1.54, 1.807) is 0 Å². The first-order valence-corrected chi connectivity index (χ1v) is 6.25. The Morgan fingerprint density at radius 2 is 1.91 bits per heavy atom. The minimum absolute atomic E-state index is 0.138. The summed E-state index contributed by atoms with van der Waals surface area (Å²) in [5.74, 6) is -1.73. The first-order chi connectivity index (χ1) is 10.8. The number of aliphatic carboxylic acids is 1. The number of hydrogen-bond donors (Lipinski definition) is 6. The molecule has 126 valence electrons. The molecule has 1 rings (SSSR count). The smallest absolute Gasteiger partial charge is 0.354 e. The van der Waals surface area contributed by atoms with E-state index in [0.29, 0.717) is 0 Å². The molecule has 0 saturated heterocycles. The molecule has 1 aromatic carbocycles. The molecule has 11 heteroatoms. The van der Waals surface area contributed by atoms with Crippen molar-refractivity contribution in [1.82, 2.24) is 0 Å². The minimum atomic E-state index is -2.13. The van der Waals surface area contributed by atoms with Crippen LogP contribution in [0.25, 0.3) is 0 Å². The van der Waals surface area contributed by atoms with Crippen LogP contribution in [-0.4, -0.2) is 67.1 Å². The number of carbonyl (C=O) groups is 1. The lowest BCUT2D eigenvalue weighted by molar-refractivity contribution is -0.384. The van der Waals surface area contributed by atoms with Gasteiger partial charge in [-0.05, 0) is 6.07 Å². The molecular weight excluding hydrogens is 314 g/mol. The molecule has 23 heavy (non-hydrogen) atoms. The van der Waals surface area contributed by atoms with Gasteiger partial charge in [-0.15, -0.1) is 0 Å². The molecule has 1 aromatic rings. The van der Waals surface area contributed by atoms with Crippen LogP contribution in [0.1, 0.15) is 0 Å². The van der Waals surface area contributed by atoms with Crippen LogP contribution >= 0.6 is 0 Å². The van der Waals surface area contributed by atoms with E-state index < -0.39 is 41.5 Å². The monoisotopic (exact) mass is 329 g/mol. The predicted octanol–water partition coefficient (Wildman–Crippen LogP) is -1.48. The largest absolute Gasteiger partial charge is 0.477 e. The van der Waals surface area contributed by atoms with Gasteiger partial charge in [-0.1, -0.05) is 12.1 Å². The molecule has 0 aliphatic heterocycles. The summed E-state index contributed by atoms with van der Waals surface area (Å²) in [6.45, 7) is -0.914. The summed E-state index contributed by atoms with van der Waals surface area (Å²) in [4.78, 5) is 21.2. The number of benzene rings is 1. The Bertz CT molecular complexity index is 606. The van der Waals surface area contributed by atoms with E-state index in [4.69, 9.17) is 10.2 Å². The summed E-state index contributed by atoms with van der Waals surface area (Å²) in [5, 5.41) is 60.2. The number of nitro benzene ring substituents is 1. The number of hydrazone groups is 1. The van der Waals surface area contributed by atoms with Crippen LogP contribution in [0.5, 0.6) is 0 Å². The van der Waals surface area contributed by atoms with Gasteiger partial charge in [0.25, 0.3) is 5.69 Å². The van der Waals surface area contributed by atoms with Crippen LogP contribution in [0, 0.1) is 10.1 Å². The van der Waals surface area contributed by atoms with Crippen molar-refractivity contribution in [2.45, 2.75) is 18.3 Å². The van der Waals surface area contributed by atoms with Crippen molar-refractivity contribution in [1.29, 1.82) is 0 Å². The van der Waals surface area contributed by atoms with E-state index >= 15 is 0 Å². The van der Waals surface area contributed by atoms with Crippen LogP contribution in [0.4, 0.5) is 11.4 Å². The number of anilines is 1. The highest BCUT2D eigenvalue weighted by Gasteiger charge is 2.32. The lowest BCUT2D eigenvalue weighted by Gasteiger charge is -2.21. The van der Waals surface area contributed by atoms with Gasteiger partial charge in [0.2, 0.25) is 0 Å². The Kier molecular flexibility index (Phi) is 6.53. The maximum Gasteiger partial charge on any atom is 0.354 e. The normalized spacial score (nSPS) is 15.6. The molecule has 0 fully saturated rings. The predicted molar refractivity (Wildman–Crippen MR) is 76.9 cm³/mol. The van der Waals surface area contributed by atoms with Gasteiger partial charge in [-0.3, -0.25) is 15.5 Å². The Morgan fingerprint density at radius 1 is 1.30 bits per heavy atom. The van der Waals surface area contributed by atoms with Crippen LogP contribution < -0.4 is 5.43 Å². The quantitative estimate of drug-likeness (QED) is 0.188. The Morgan fingerprint density at radius 3 is 2.43 bits per heavy atom. The van der Waals surface area contributed by atoms with E-state index in [-0.39, 0.29) is 11.4 Å². The number of carboxylic acid groups (broad SMARTS) is 1. The highest BCUT2D eigenvalue weighted by molar-refractivity contribution is 6.37. The first-order valence-electron chi connectivity index (χ1n) is 6.25. The summed E-state index contributed by atoms with van der Waals surface area (Å²) >= 11 is 0. The van der Waals surface area contributed by atoms with Gasteiger partial charge in [-0.2, -0.15) is 5.10 Å². The molecule has 6 N–H and O–H groups in total. The second-order valence-corrected chi connectivity index (χ2v) is 4.37. The molecule has 0 saturated carbocycles. The third kappa shape index (κ3) is 4.69. The van der Waals surface area contributed by atoms with E-state index in [0.717, 1.165) is 6.07 Å². The number of rotatable bonds is 8. The van der Waals surface area contributed by atoms with Gasteiger partial charge in [0.1, 0.15) is 24.0 Å². The second-order valence-electron chi connectivity index (χ2n) is 4.37. The third-order valence-corrected chi connectivity index (χ3v) is 2.80. The van der Waals surface area contributed by atoms with Gasteiger partial charge in [0.05, 0.1) is 11.5 Å². The fraction of sp³-hybridized carbons (Fsp3) is 0.333. The second kappa shape index (κ2) is 8.14. The highest BCUT2D eigenvalue weighted by Crippen LogP contribution is 2.23. The zero-order valence-corrected chi connectivity index (χ0v) is 11.6. The molecular formula is C12H15N3O8. The number of para-hydroxylation sites is 2. The Hall–Kier alpha value is -2.60. The van der Waals surface area contributed by atoms with Gasteiger partial charge >= 0.3 is 5.97 Å². The summed E-state index contributed by atoms with van der Waals surface area (Å²) in [7, 11) is 0. The van der Waals surface area contributed by atoms with Crippen molar-refractivity contribution in [2.75, 3.05) is 12.0 Å². The summed E-state index contributed by atoms with van der Waals surface area (Å²) in [5.41, 5.74) is 0.601. The fourth-order valence-electron chi connectivity index (χ4n) is 1.57. The molecule has 0 amide bonds. The van der Waals surface area contributed by atoms with Crippen molar-refractivity contribution in [3.05, 3.63) is 34.4 Å². The summed E-state index contributed by atoms with van der Waals surface area (Å²) in [6.07, 6.45) is -5.94. The number of carboxylic acids is 1. The molecule has 0 spiro atoms. The number of hydrogen-bond acceptors (Lipinski definition) is 9. The molecule has 0 aliphatic carbocycles. The minimum Gasteiger partial charge on any atom is -0.477 e. The molecule has 0 aliphatic rings. The first kappa shape index (κ1) is 18.4. The zero-order chi connectivity index (χ0) is 17.6.